The minimum absolute atomic E-state index is 0.0748. The summed E-state index contributed by atoms with van der Waals surface area (Å²) in [5, 5.41) is 8.41. The lowest BCUT2D eigenvalue weighted by Crippen LogP contribution is -2.27. The molecule has 0 aliphatic carbocycles. The predicted octanol–water partition coefficient (Wildman–Crippen LogP) is 5.12. The van der Waals surface area contributed by atoms with Crippen molar-refractivity contribution in [1.82, 2.24) is 20.1 Å². The minimum Gasteiger partial charge on any atom is -0.364 e. The molecule has 0 aliphatic rings. The Labute approximate surface area is 199 Å². The summed E-state index contributed by atoms with van der Waals surface area (Å²) in [5.41, 5.74) is 4.09. The molecule has 34 heavy (non-hydrogen) atoms. The van der Waals surface area contributed by atoms with Gasteiger partial charge in [-0.1, -0.05) is 30.3 Å². The van der Waals surface area contributed by atoms with Crippen LogP contribution in [0.2, 0.25) is 0 Å². The highest BCUT2D eigenvalue weighted by Crippen LogP contribution is 2.24. The van der Waals surface area contributed by atoms with Crippen LogP contribution >= 0.6 is 11.3 Å². The van der Waals surface area contributed by atoms with E-state index in [4.69, 9.17) is 4.74 Å². The maximum absolute atomic E-state index is 13.4. The van der Waals surface area contributed by atoms with E-state index in [9.17, 15) is 9.18 Å². The van der Waals surface area contributed by atoms with Crippen LogP contribution in [-0.2, 0) is 22.7 Å². The van der Waals surface area contributed by atoms with Crippen molar-refractivity contribution < 1.29 is 13.9 Å². The molecule has 1 N–H and O–H groups in total. The Hall–Kier alpha value is -3.88. The molecule has 0 unspecified atom stereocenters. The molecule has 0 spiro atoms. The molecule has 0 bridgehead atoms. The van der Waals surface area contributed by atoms with Gasteiger partial charge in [-0.3, -0.25) is 4.79 Å². The van der Waals surface area contributed by atoms with E-state index in [2.05, 4.69) is 15.4 Å². The summed E-state index contributed by atoms with van der Waals surface area (Å²) in [7, 11) is 0. The minimum atomic E-state index is -0.314. The number of rotatable bonds is 8. The number of fused-ring (bicyclic) bond motifs is 1. The Morgan fingerprint density at radius 1 is 1.00 bits per heavy atom. The third-order valence-corrected chi connectivity index (χ3v) is 6.21. The molecule has 1 amide bonds. The lowest BCUT2D eigenvalue weighted by molar-refractivity contribution is -0.126. The smallest absolute Gasteiger partial charge is 0.246 e. The van der Waals surface area contributed by atoms with Crippen molar-refractivity contribution in [3.05, 3.63) is 101 Å². The number of amides is 1. The fourth-order valence-electron chi connectivity index (χ4n) is 3.56. The maximum Gasteiger partial charge on any atom is 0.246 e. The highest BCUT2D eigenvalue weighted by molar-refractivity contribution is 7.18. The largest absolute Gasteiger partial charge is 0.364 e. The third kappa shape index (κ3) is 5.03. The number of nitrogens with zero attached hydrogens (tertiary/aromatic N) is 3. The van der Waals surface area contributed by atoms with Crippen molar-refractivity contribution in [1.29, 1.82) is 0 Å². The number of nitrogens with one attached hydrogen (secondary N) is 1. The van der Waals surface area contributed by atoms with E-state index in [1.54, 1.807) is 28.2 Å². The summed E-state index contributed by atoms with van der Waals surface area (Å²) in [6.45, 7) is 0.469. The van der Waals surface area contributed by atoms with Crippen LogP contribution in [0.15, 0.2) is 85.1 Å². The molecule has 0 radical (unpaired) electrons. The lowest BCUT2D eigenvalue weighted by atomic mass is 10.1. The first-order valence-corrected chi connectivity index (χ1v) is 11.6. The number of carbonyl (C=O) groups is 1. The Morgan fingerprint density at radius 3 is 2.56 bits per heavy atom. The molecular weight excluding hydrogens is 451 g/mol. The fraction of sp³-hybridized carbons (Fsp3) is 0.115. The van der Waals surface area contributed by atoms with Crippen LogP contribution in [0.25, 0.3) is 27.2 Å². The quantitative estimate of drug-likeness (QED) is 0.340. The molecule has 170 valence electrons. The maximum atomic E-state index is 13.4. The third-order valence-electron chi connectivity index (χ3n) is 5.20. The molecule has 5 rings (SSSR count). The number of hydrogen-bond acceptors (Lipinski definition) is 5. The monoisotopic (exact) mass is 472 g/mol. The van der Waals surface area contributed by atoms with Gasteiger partial charge in [0, 0.05) is 23.9 Å². The van der Waals surface area contributed by atoms with E-state index in [0.717, 1.165) is 32.0 Å². The average Bonchev–Trinajstić information content (AvgIpc) is 3.48. The van der Waals surface area contributed by atoms with Gasteiger partial charge in [-0.15, -0.1) is 11.3 Å². The molecule has 0 aliphatic heterocycles. The second kappa shape index (κ2) is 9.94. The highest BCUT2D eigenvalue weighted by Gasteiger charge is 2.14. The molecule has 0 saturated carbocycles. The van der Waals surface area contributed by atoms with Crippen LogP contribution < -0.4 is 5.32 Å². The fourth-order valence-corrected chi connectivity index (χ4v) is 4.47. The van der Waals surface area contributed by atoms with Gasteiger partial charge in [0.1, 0.15) is 17.4 Å². The summed E-state index contributed by atoms with van der Waals surface area (Å²) < 4.78 is 21.8. The zero-order chi connectivity index (χ0) is 23.3. The zero-order valence-corrected chi connectivity index (χ0v) is 19.0. The highest BCUT2D eigenvalue weighted by atomic mass is 32.1. The molecule has 2 aromatic heterocycles. The molecule has 5 aromatic rings. The van der Waals surface area contributed by atoms with Crippen molar-refractivity contribution >= 4 is 27.5 Å². The summed E-state index contributed by atoms with van der Waals surface area (Å²) in [5.74, 6) is -0.551. The number of halogens is 1. The van der Waals surface area contributed by atoms with Crippen molar-refractivity contribution in [3.63, 3.8) is 0 Å². The first kappa shape index (κ1) is 21.9. The Morgan fingerprint density at radius 2 is 1.76 bits per heavy atom. The van der Waals surface area contributed by atoms with Gasteiger partial charge in [-0.05, 0) is 48.5 Å². The second-order valence-electron chi connectivity index (χ2n) is 7.63. The van der Waals surface area contributed by atoms with Crippen molar-refractivity contribution in [2.24, 2.45) is 0 Å². The summed E-state index contributed by atoms with van der Waals surface area (Å²) in [4.78, 5) is 16.9. The van der Waals surface area contributed by atoms with Gasteiger partial charge in [0.05, 0.1) is 28.2 Å². The summed E-state index contributed by atoms with van der Waals surface area (Å²) in [6.07, 6.45) is 1.87. The average molecular weight is 473 g/mol. The first-order chi connectivity index (χ1) is 16.7. The second-order valence-corrected chi connectivity index (χ2v) is 8.75. The van der Waals surface area contributed by atoms with Crippen LogP contribution in [0.4, 0.5) is 4.39 Å². The van der Waals surface area contributed by atoms with Gasteiger partial charge in [0.25, 0.3) is 0 Å². The van der Waals surface area contributed by atoms with Crippen LogP contribution in [0, 0.1) is 5.82 Å². The van der Waals surface area contributed by atoms with Gasteiger partial charge in [0.2, 0.25) is 5.91 Å². The summed E-state index contributed by atoms with van der Waals surface area (Å²) >= 11 is 1.55. The van der Waals surface area contributed by atoms with E-state index in [1.165, 1.54) is 12.1 Å². The van der Waals surface area contributed by atoms with Gasteiger partial charge in [0.15, 0.2) is 0 Å². The van der Waals surface area contributed by atoms with Crippen LogP contribution in [0.5, 0.6) is 0 Å². The van der Waals surface area contributed by atoms with E-state index in [0.29, 0.717) is 5.69 Å². The van der Waals surface area contributed by atoms with E-state index in [-0.39, 0.29) is 31.5 Å². The molecule has 0 saturated heterocycles. The van der Waals surface area contributed by atoms with E-state index in [1.807, 2.05) is 60.8 Å². The number of para-hydroxylation sites is 2. The van der Waals surface area contributed by atoms with Crippen LogP contribution in [0.1, 0.15) is 10.6 Å². The molecule has 8 heteroatoms. The van der Waals surface area contributed by atoms with Crippen molar-refractivity contribution in [3.8, 4) is 16.9 Å². The van der Waals surface area contributed by atoms with Crippen molar-refractivity contribution in [2.75, 3.05) is 6.61 Å². The number of benzene rings is 3. The molecule has 0 fully saturated rings. The molecular formula is C26H21FN4O2S. The number of aromatic nitrogens is 3. The SMILES string of the molecule is O=C(COCc1nc2ccccc2s1)NCc1cn(-c2ccccc2)nc1-c1ccc(F)cc1. The zero-order valence-electron chi connectivity index (χ0n) is 18.1. The number of carbonyl (C=O) groups excluding carboxylic acids is 1. The van der Waals surface area contributed by atoms with E-state index < -0.39 is 0 Å². The van der Waals surface area contributed by atoms with Gasteiger partial charge in [-0.25, -0.2) is 14.1 Å². The van der Waals surface area contributed by atoms with Gasteiger partial charge < -0.3 is 10.1 Å². The Kier molecular flexibility index (Phi) is 6.42. The Bertz CT molecular complexity index is 1380. The summed E-state index contributed by atoms with van der Waals surface area (Å²) in [6, 6.07) is 23.7. The van der Waals surface area contributed by atoms with Crippen LogP contribution in [0.3, 0.4) is 0 Å². The standard InChI is InChI=1S/C26H21FN4O2S/c27-20-12-10-18(11-13-20)26-19(15-31(30-26)21-6-2-1-3-7-21)14-28-24(32)16-33-17-25-29-22-8-4-5-9-23(22)34-25/h1-13,15H,14,16-17H2,(H,28,32). The Balaban J connectivity index is 1.25. The number of hydrogen-bond donors (Lipinski definition) is 1. The van der Waals surface area contributed by atoms with Crippen molar-refractivity contribution in [2.45, 2.75) is 13.2 Å². The van der Waals surface area contributed by atoms with Gasteiger partial charge >= 0.3 is 0 Å². The lowest BCUT2D eigenvalue weighted by Gasteiger charge is -2.06. The van der Waals surface area contributed by atoms with E-state index >= 15 is 0 Å². The molecule has 6 nitrogen and oxygen atoms in total. The first-order valence-electron chi connectivity index (χ1n) is 10.7. The van der Waals surface area contributed by atoms with Gasteiger partial charge in [-0.2, -0.15) is 5.10 Å². The molecule has 3 aromatic carbocycles. The normalized spacial score (nSPS) is 11.1. The molecule has 0 atom stereocenters. The van der Waals surface area contributed by atoms with Crippen LogP contribution in [-0.4, -0.2) is 27.3 Å². The molecule has 2 heterocycles. The topological polar surface area (TPSA) is 69.0 Å². The number of ether oxygens (including phenoxy) is 1. The predicted molar refractivity (Wildman–Crippen MR) is 130 cm³/mol. The number of thiazole rings is 1.